The van der Waals surface area contributed by atoms with Crippen LogP contribution in [0.5, 0.6) is 5.88 Å². The third kappa shape index (κ3) is 4.71. The highest BCUT2D eigenvalue weighted by atomic mass is 16.5. The number of ether oxygens (including phenoxy) is 2. The van der Waals surface area contributed by atoms with Gasteiger partial charge in [-0.1, -0.05) is 25.7 Å². The second kappa shape index (κ2) is 8.76. The Bertz CT molecular complexity index is 508. The maximum atomic E-state index is 5.74. The van der Waals surface area contributed by atoms with Gasteiger partial charge >= 0.3 is 0 Å². The Kier molecular flexibility index (Phi) is 6.68. The van der Waals surface area contributed by atoms with Gasteiger partial charge in [0.05, 0.1) is 18.8 Å². The van der Waals surface area contributed by atoms with Crippen LogP contribution in [0.25, 0.3) is 0 Å². The summed E-state index contributed by atoms with van der Waals surface area (Å²) >= 11 is 0. The van der Waals surface area contributed by atoms with E-state index in [4.69, 9.17) is 9.47 Å². The van der Waals surface area contributed by atoms with Gasteiger partial charge in [-0.2, -0.15) is 0 Å². The molecule has 5 heteroatoms. The molecule has 0 fully saturated rings. The zero-order chi connectivity index (χ0) is 15.8. The maximum absolute atomic E-state index is 5.74. The van der Waals surface area contributed by atoms with Crippen molar-refractivity contribution in [3.05, 3.63) is 36.1 Å². The lowest BCUT2D eigenvalue weighted by atomic mass is 10.3. The van der Waals surface area contributed by atoms with Gasteiger partial charge in [-0.15, -0.1) is 5.10 Å². The largest absolute Gasteiger partial charge is 0.472 e. The highest BCUT2D eigenvalue weighted by Crippen LogP contribution is 2.18. The molecule has 0 saturated carbocycles. The maximum Gasteiger partial charge on any atom is 0.233 e. The molecule has 0 aromatic carbocycles. The van der Waals surface area contributed by atoms with Crippen LogP contribution < -0.4 is 4.74 Å². The quantitative estimate of drug-likeness (QED) is 0.519. The monoisotopic (exact) mass is 305 g/mol. The topological polar surface area (TPSA) is 39.5 Å². The van der Waals surface area contributed by atoms with Gasteiger partial charge in [-0.25, -0.2) is 0 Å². The van der Waals surface area contributed by atoms with E-state index in [0.29, 0.717) is 12.5 Å². The number of nitrogens with zero attached hydrogens (tertiary/aromatic N) is 3. The molecule has 1 aliphatic rings. The number of aromatic nitrogens is 2. The van der Waals surface area contributed by atoms with Gasteiger partial charge in [0, 0.05) is 32.3 Å². The molecule has 0 aliphatic carbocycles. The van der Waals surface area contributed by atoms with Crippen LogP contribution >= 0.6 is 0 Å². The fourth-order valence-electron chi connectivity index (χ4n) is 2.41. The predicted molar refractivity (Wildman–Crippen MR) is 88.1 cm³/mol. The Balaban J connectivity index is 1.83. The Labute approximate surface area is 133 Å². The minimum atomic E-state index is 0.519. The van der Waals surface area contributed by atoms with Gasteiger partial charge in [0.2, 0.25) is 5.88 Å². The first-order valence-corrected chi connectivity index (χ1v) is 8.04. The molecule has 0 atom stereocenters. The molecule has 1 aliphatic heterocycles. The summed E-state index contributed by atoms with van der Waals surface area (Å²) in [5, 5.41) is 4.51. The molecule has 122 valence electrons. The van der Waals surface area contributed by atoms with Crippen LogP contribution in [0.15, 0.2) is 30.4 Å². The van der Waals surface area contributed by atoms with Crippen molar-refractivity contribution < 1.29 is 9.47 Å². The third-order valence-electron chi connectivity index (χ3n) is 3.77. The van der Waals surface area contributed by atoms with Crippen molar-refractivity contribution in [3.63, 3.8) is 0 Å². The number of fused-ring (bicyclic) bond motifs is 1. The van der Waals surface area contributed by atoms with E-state index in [9.17, 15) is 0 Å². The Hall–Kier alpha value is -1.59. The van der Waals surface area contributed by atoms with Crippen LogP contribution in [-0.4, -0.2) is 47.6 Å². The Morgan fingerprint density at radius 2 is 2.27 bits per heavy atom. The summed E-state index contributed by atoms with van der Waals surface area (Å²) in [4.78, 5) is 2.40. The fraction of sp³-hybridized carbons (Fsp3) is 0.588. The second-order valence-electron chi connectivity index (χ2n) is 5.44. The van der Waals surface area contributed by atoms with Crippen molar-refractivity contribution in [3.8, 4) is 5.88 Å². The molecule has 0 amide bonds. The van der Waals surface area contributed by atoms with E-state index in [-0.39, 0.29) is 0 Å². The molecule has 1 aromatic heterocycles. The zero-order valence-electron chi connectivity index (χ0n) is 13.8. The Morgan fingerprint density at radius 3 is 3.00 bits per heavy atom. The molecule has 2 heterocycles. The molecule has 22 heavy (non-hydrogen) atoms. The van der Waals surface area contributed by atoms with E-state index in [1.165, 1.54) is 5.69 Å². The number of hydrogen-bond acceptors (Lipinski definition) is 4. The van der Waals surface area contributed by atoms with E-state index in [0.717, 1.165) is 51.4 Å². The minimum Gasteiger partial charge on any atom is -0.472 e. The van der Waals surface area contributed by atoms with Crippen molar-refractivity contribution in [2.75, 3.05) is 32.9 Å². The summed E-state index contributed by atoms with van der Waals surface area (Å²) in [7, 11) is 0. The van der Waals surface area contributed by atoms with Gasteiger partial charge in [0.1, 0.15) is 6.61 Å². The summed E-state index contributed by atoms with van der Waals surface area (Å²) in [6.07, 6.45) is 4.89. The normalized spacial score (nSPS) is 15.6. The van der Waals surface area contributed by atoms with E-state index in [2.05, 4.69) is 23.5 Å². The molecule has 0 N–H and O–H groups in total. The second-order valence-corrected chi connectivity index (χ2v) is 5.44. The van der Waals surface area contributed by atoms with Gasteiger partial charge in [-0.3, -0.25) is 9.58 Å². The fourth-order valence-corrected chi connectivity index (χ4v) is 2.41. The summed E-state index contributed by atoms with van der Waals surface area (Å²) in [5.41, 5.74) is 2.28. The van der Waals surface area contributed by atoms with Crippen LogP contribution in [0.3, 0.4) is 0 Å². The van der Waals surface area contributed by atoms with E-state index in [1.807, 2.05) is 29.8 Å². The van der Waals surface area contributed by atoms with Crippen LogP contribution in [-0.2, 0) is 17.8 Å². The van der Waals surface area contributed by atoms with Crippen molar-refractivity contribution in [1.29, 1.82) is 0 Å². The number of allylic oxidation sites excluding steroid dienone is 1. The standard InChI is InChI=1S/C17H27N3O2/c1-4-10-21-11-9-19-7-8-20-16(13-19)12-17(18-20)22-14-15(5-2)6-3/h5-6,12H,2,4,7-11,13-14H2,1,3H3/b15-6+. The molecular formula is C17H27N3O2. The summed E-state index contributed by atoms with van der Waals surface area (Å²) < 4.78 is 13.3. The van der Waals surface area contributed by atoms with Crippen LogP contribution in [0.4, 0.5) is 0 Å². The summed E-state index contributed by atoms with van der Waals surface area (Å²) in [6.45, 7) is 13.8. The van der Waals surface area contributed by atoms with E-state index in [1.54, 1.807) is 0 Å². The third-order valence-corrected chi connectivity index (χ3v) is 3.77. The van der Waals surface area contributed by atoms with Crippen molar-refractivity contribution in [2.24, 2.45) is 0 Å². The lowest BCUT2D eigenvalue weighted by molar-refractivity contribution is 0.0930. The Morgan fingerprint density at radius 1 is 1.41 bits per heavy atom. The van der Waals surface area contributed by atoms with Gasteiger partial charge in [0.15, 0.2) is 0 Å². The van der Waals surface area contributed by atoms with Crippen LogP contribution in [0.2, 0.25) is 0 Å². The predicted octanol–water partition coefficient (Wildman–Crippen LogP) is 2.64. The zero-order valence-corrected chi connectivity index (χ0v) is 13.8. The van der Waals surface area contributed by atoms with E-state index < -0.39 is 0 Å². The highest BCUT2D eigenvalue weighted by molar-refractivity contribution is 5.20. The van der Waals surface area contributed by atoms with Crippen molar-refractivity contribution >= 4 is 0 Å². The first-order valence-electron chi connectivity index (χ1n) is 8.04. The molecular weight excluding hydrogens is 278 g/mol. The smallest absolute Gasteiger partial charge is 0.233 e. The summed E-state index contributed by atoms with van der Waals surface area (Å²) in [5.74, 6) is 0.695. The molecule has 0 bridgehead atoms. The average molecular weight is 305 g/mol. The number of rotatable bonds is 9. The highest BCUT2D eigenvalue weighted by Gasteiger charge is 2.18. The lowest BCUT2D eigenvalue weighted by Crippen LogP contribution is -2.36. The molecule has 5 nitrogen and oxygen atoms in total. The summed E-state index contributed by atoms with van der Waals surface area (Å²) in [6, 6.07) is 2.04. The van der Waals surface area contributed by atoms with Crippen LogP contribution in [0, 0.1) is 0 Å². The first-order chi connectivity index (χ1) is 10.8. The van der Waals surface area contributed by atoms with E-state index >= 15 is 0 Å². The van der Waals surface area contributed by atoms with Crippen LogP contribution in [0.1, 0.15) is 26.0 Å². The molecule has 0 spiro atoms. The molecule has 1 aromatic rings. The number of hydrogen-bond donors (Lipinski definition) is 0. The lowest BCUT2D eigenvalue weighted by Gasteiger charge is -2.27. The molecule has 0 unspecified atom stereocenters. The molecule has 0 saturated heterocycles. The van der Waals surface area contributed by atoms with Gasteiger partial charge < -0.3 is 9.47 Å². The molecule has 2 rings (SSSR count). The van der Waals surface area contributed by atoms with Crippen molar-refractivity contribution in [2.45, 2.75) is 33.4 Å². The van der Waals surface area contributed by atoms with Crippen molar-refractivity contribution in [1.82, 2.24) is 14.7 Å². The van der Waals surface area contributed by atoms with Gasteiger partial charge in [-0.05, 0) is 18.9 Å². The first kappa shape index (κ1) is 16.8. The average Bonchev–Trinajstić information content (AvgIpc) is 2.94. The SMILES string of the molecule is C=C/C(=C\C)COc1cc2n(n1)CCN(CCOCCC)C2. The van der Waals surface area contributed by atoms with Gasteiger partial charge in [0.25, 0.3) is 0 Å². The minimum absolute atomic E-state index is 0.519. The molecule has 0 radical (unpaired) electrons.